The van der Waals surface area contributed by atoms with Gasteiger partial charge in [0, 0.05) is 38.7 Å². The number of carbonyl (C=O) groups is 1. The fourth-order valence-electron chi connectivity index (χ4n) is 3.61. The van der Waals surface area contributed by atoms with Gasteiger partial charge in [0.1, 0.15) is 11.4 Å². The van der Waals surface area contributed by atoms with E-state index in [-0.39, 0.29) is 23.2 Å². The zero-order chi connectivity index (χ0) is 21.6. The first kappa shape index (κ1) is 19.9. The van der Waals surface area contributed by atoms with E-state index in [0.29, 0.717) is 42.2 Å². The van der Waals surface area contributed by atoms with Crippen LogP contribution in [-0.4, -0.2) is 55.5 Å². The monoisotopic (exact) mass is 420 g/mol. The van der Waals surface area contributed by atoms with Gasteiger partial charge in [-0.1, -0.05) is 0 Å². The van der Waals surface area contributed by atoms with Gasteiger partial charge in [0.05, 0.1) is 22.7 Å². The smallest absolute Gasteiger partial charge is 0.416 e. The van der Waals surface area contributed by atoms with Crippen LogP contribution in [0.3, 0.4) is 0 Å². The van der Waals surface area contributed by atoms with Gasteiger partial charge in [0.2, 0.25) is 5.91 Å². The maximum Gasteiger partial charge on any atom is 0.416 e. The second-order valence-electron chi connectivity index (χ2n) is 7.31. The number of nitrogens with zero attached hydrogens (tertiary/aromatic N) is 5. The van der Waals surface area contributed by atoms with Crippen molar-refractivity contribution in [3.63, 3.8) is 0 Å². The maximum absolute atomic E-state index is 12.9. The summed E-state index contributed by atoms with van der Waals surface area (Å²) >= 11 is 0. The Bertz CT molecular complexity index is 1130. The Morgan fingerprint density at radius 2 is 2.00 bits per heavy atom. The van der Waals surface area contributed by atoms with Gasteiger partial charge in [-0.15, -0.1) is 10.2 Å². The van der Waals surface area contributed by atoms with Gasteiger partial charge in [-0.2, -0.15) is 18.3 Å². The number of likely N-dealkylation sites (tertiary alicyclic amines) is 1. The molecule has 2 N–H and O–H groups in total. The zero-order valence-electron chi connectivity index (χ0n) is 16.2. The number of benzene rings is 1. The van der Waals surface area contributed by atoms with E-state index in [0.717, 1.165) is 6.07 Å². The largest absolute Gasteiger partial charge is 0.507 e. The summed E-state index contributed by atoms with van der Waals surface area (Å²) in [6, 6.07) is 2.71. The van der Waals surface area contributed by atoms with Crippen molar-refractivity contribution in [1.29, 1.82) is 0 Å². The molecule has 1 amide bonds. The third-order valence-corrected chi connectivity index (χ3v) is 5.22. The van der Waals surface area contributed by atoms with Crippen molar-refractivity contribution in [2.45, 2.75) is 25.1 Å². The van der Waals surface area contributed by atoms with Gasteiger partial charge < -0.3 is 15.3 Å². The molecule has 0 bridgehead atoms. The van der Waals surface area contributed by atoms with E-state index in [1.807, 2.05) is 0 Å². The summed E-state index contributed by atoms with van der Waals surface area (Å²) in [5, 5.41) is 26.7. The summed E-state index contributed by atoms with van der Waals surface area (Å²) in [4.78, 5) is 13.3. The third-order valence-electron chi connectivity index (χ3n) is 5.22. The van der Waals surface area contributed by atoms with E-state index < -0.39 is 17.5 Å². The molecule has 1 unspecified atom stereocenters. The lowest BCUT2D eigenvalue weighted by molar-refractivity contribution is -0.137. The molecule has 0 aliphatic carbocycles. The summed E-state index contributed by atoms with van der Waals surface area (Å²) in [6.45, 7) is 0.518. The molecule has 3 heterocycles. The van der Waals surface area contributed by atoms with Crippen LogP contribution in [0.2, 0.25) is 0 Å². The van der Waals surface area contributed by atoms with Crippen LogP contribution in [0.1, 0.15) is 18.4 Å². The molecule has 3 aromatic rings. The highest BCUT2D eigenvalue weighted by molar-refractivity contribution is 5.98. The highest BCUT2D eigenvalue weighted by Gasteiger charge is 2.32. The van der Waals surface area contributed by atoms with Crippen LogP contribution in [0, 0.1) is 0 Å². The first-order chi connectivity index (χ1) is 14.1. The number of likely N-dealkylation sites (N-methyl/N-ethyl adjacent to an activating group) is 1. The lowest BCUT2D eigenvalue weighted by atomic mass is 10.0. The molecular weight excluding hydrogens is 401 g/mol. The normalized spacial score (nSPS) is 17.6. The number of hydrogen-bond donors (Lipinski definition) is 2. The number of phenols is 1. The summed E-state index contributed by atoms with van der Waals surface area (Å²) in [5.41, 5.74) is -0.0913. The highest BCUT2D eigenvalue weighted by Crippen LogP contribution is 2.38. The Balaban J connectivity index is 1.73. The fourth-order valence-corrected chi connectivity index (χ4v) is 3.61. The van der Waals surface area contributed by atoms with Gasteiger partial charge in [-0.25, -0.2) is 0 Å². The lowest BCUT2D eigenvalue weighted by Crippen LogP contribution is -2.43. The Morgan fingerprint density at radius 3 is 2.67 bits per heavy atom. The molecule has 1 aliphatic rings. The molecule has 8 nitrogen and oxygen atoms in total. The number of alkyl halides is 3. The van der Waals surface area contributed by atoms with Crippen LogP contribution < -0.4 is 5.32 Å². The molecule has 4 rings (SSSR count). The molecule has 1 fully saturated rings. The second kappa shape index (κ2) is 7.15. The number of fused-ring (bicyclic) bond motifs is 1. The van der Waals surface area contributed by atoms with Crippen molar-refractivity contribution in [2.24, 2.45) is 7.05 Å². The molecule has 0 spiro atoms. The van der Waals surface area contributed by atoms with E-state index in [9.17, 15) is 23.1 Å². The second-order valence-corrected chi connectivity index (χ2v) is 7.31. The predicted molar refractivity (Wildman–Crippen MR) is 103 cm³/mol. The summed E-state index contributed by atoms with van der Waals surface area (Å²) in [7, 11) is 3.41. The number of aromatic hydroxyl groups is 1. The first-order valence-corrected chi connectivity index (χ1v) is 9.24. The number of carbonyl (C=O) groups excluding carboxylic acids is 1. The maximum atomic E-state index is 12.9. The molecule has 1 aliphatic heterocycles. The average molecular weight is 420 g/mol. The Morgan fingerprint density at radius 1 is 1.23 bits per heavy atom. The molecule has 1 saturated heterocycles. The van der Waals surface area contributed by atoms with E-state index >= 15 is 0 Å². The van der Waals surface area contributed by atoms with Gasteiger partial charge in [-0.05, 0) is 24.6 Å². The lowest BCUT2D eigenvalue weighted by Gasteiger charge is -2.30. The minimum absolute atomic E-state index is 0.0178. The SMILES string of the molecule is CN1CC(Nc2nnc(-c3ccc(C(F)(F)F)cc3O)c3c2cnn3C)CCC1=O. The van der Waals surface area contributed by atoms with Crippen molar-refractivity contribution < 1.29 is 23.1 Å². The molecule has 0 radical (unpaired) electrons. The van der Waals surface area contributed by atoms with Gasteiger partial charge in [-0.3, -0.25) is 9.48 Å². The Labute approximate surface area is 169 Å². The van der Waals surface area contributed by atoms with Crippen molar-refractivity contribution in [1.82, 2.24) is 24.9 Å². The Hall–Kier alpha value is -3.37. The number of rotatable bonds is 3. The van der Waals surface area contributed by atoms with Gasteiger partial charge >= 0.3 is 6.18 Å². The minimum atomic E-state index is -4.56. The van der Waals surface area contributed by atoms with Crippen LogP contribution in [0.4, 0.5) is 19.0 Å². The number of halogens is 3. The number of aryl methyl sites for hydroxylation is 1. The Kier molecular flexibility index (Phi) is 4.75. The number of anilines is 1. The number of hydrogen-bond acceptors (Lipinski definition) is 6. The van der Waals surface area contributed by atoms with Crippen LogP contribution in [0.5, 0.6) is 5.75 Å². The molecule has 30 heavy (non-hydrogen) atoms. The van der Waals surface area contributed by atoms with Gasteiger partial charge in [0.15, 0.2) is 5.82 Å². The van der Waals surface area contributed by atoms with Crippen LogP contribution in [-0.2, 0) is 18.0 Å². The van der Waals surface area contributed by atoms with Crippen molar-refractivity contribution >= 4 is 22.6 Å². The van der Waals surface area contributed by atoms with E-state index in [2.05, 4.69) is 20.6 Å². The van der Waals surface area contributed by atoms with Crippen LogP contribution in [0.25, 0.3) is 22.2 Å². The minimum Gasteiger partial charge on any atom is -0.507 e. The number of piperidine rings is 1. The van der Waals surface area contributed by atoms with E-state index in [1.54, 1.807) is 25.2 Å². The molecule has 0 saturated carbocycles. The molecule has 2 aromatic heterocycles. The molecule has 158 valence electrons. The van der Waals surface area contributed by atoms with Crippen LogP contribution >= 0.6 is 0 Å². The standard InChI is InChI=1S/C19H19F3N6O2/c1-27-9-11(4-6-15(27)30)24-18-13-8-23-28(2)17(13)16(25-26-18)12-5-3-10(7-14(12)29)19(20,21)22/h3,5,7-8,11,29H,4,6,9H2,1-2H3,(H,24,26). The number of aromatic nitrogens is 4. The summed E-state index contributed by atoms with van der Waals surface area (Å²) < 4.78 is 40.3. The topological polar surface area (TPSA) is 96.2 Å². The number of amides is 1. The van der Waals surface area contributed by atoms with Crippen molar-refractivity contribution in [3.8, 4) is 17.0 Å². The fraction of sp³-hybridized carbons (Fsp3) is 0.368. The third kappa shape index (κ3) is 3.51. The highest BCUT2D eigenvalue weighted by atomic mass is 19.4. The number of nitrogens with one attached hydrogen (secondary N) is 1. The predicted octanol–water partition coefficient (Wildman–Crippen LogP) is 2.79. The van der Waals surface area contributed by atoms with E-state index in [1.165, 1.54) is 10.7 Å². The molecule has 1 atom stereocenters. The first-order valence-electron chi connectivity index (χ1n) is 9.24. The van der Waals surface area contributed by atoms with Crippen LogP contribution in [0.15, 0.2) is 24.4 Å². The number of phenolic OH excluding ortho intramolecular Hbond substituents is 1. The zero-order valence-corrected chi connectivity index (χ0v) is 16.2. The van der Waals surface area contributed by atoms with Crippen molar-refractivity contribution in [2.75, 3.05) is 18.9 Å². The molecule has 11 heteroatoms. The summed E-state index contributed by atoms with van der Waals surface area (Å²) in [5.74, 6) is -0.00506. The summed E-state index contributed by atoms with van der Waals surface area (Å²) in [6.07, 6.45) is -1.91. The quantitative estimate of drug-likeness (QED) is 0.677. The van der Waals surface area contributed by atoms with E-state index in [4.69, 9.17) is 0 Å². The molecule has 1 aromatic carbocycles. The van der Waals surface area contributed by atoms with Crippen molar-refractivity contribution in [3.05, 3.63) is 30.0 Å². The molecular formula is C19H19F3N6O2. The van der Waals surface area contributed by atoms with Gasteiger partial charge in [0.25, 0.3) is 0 Å². The average Bonchev–Trinajstić information content (AvgIpc) is 3.07.